The standard InChI is InChI=1S/C15H20N6O2/c1-19-10-11(8-16-19)14(22)18-12-9-17-20(2)13(12)15(23)21-6-4-3-5-7-21/h8-10H,3-7H2,1-2H3,(H,18,22). The van der Waals surface area contributed by atoms with E-state index in [2.05, 4.69) is 15.5 Å². The Bertz CT molecular complexity index is 726. The molecule has 0 radical (unpaired) electrons. The normalized spacial score (nSPS) is 14.8. The second-order valence-electron chi connectivity index (χ2n) is 5.74. The number of aromatic nitrogens is 4. The number of hydrogen-bond donors (Lipinski definition) is 1. The van der Waals surface area contributed by atoms with Crippen LogP contribution in [0.3, 0.4) is 0 Å². The first-order valence-corrected chi connectivity index (χ1v) is 7.67. The Kier molecular flexibility index (Phi) is 4.14. The highest BCUT2D eigenvalue weighted by molar-refractivity contribution is 6.08. The number of likely N-dealkylation sites (tertiary alicyclic amines) is 1. The lowest BCUT2D eigenvalue weighted by Gasteiger charge is -2.27. The monoisotopic (exact) mass is 316 g/mol. The lowest BCUT2D eigenvalue weighted by atomic mass is 10.1. The second kappa shape index (κ2) is 6.23. The Hall–Kier alpha value is -2.64. The van der Waals surface area contributed by atoms with Crippen LogP contribution < -0.4 is 5.32 Å². The summed E-state index contributed by atoms with van der Waals surface area (Å²) in [5.74, 6) is -0.398. The van der Waals surface area contributed by atoms with Gasteiger partial charge in [-0.3, -0.25) is 19.0 Å². The molecule has 0 aliphatic carbocycles. The van der Waals surface area contributed by atoms with Crippen molar-refractivity contribution in [3.63, 3.8) is 0 Å². The van der Waals surface area contributed by atoms with Crippen molar-refractivity contribution in [3.8, 4) is 0 Å². The van der Waals surface area contributed by atoms with Crippen LogP contribution >= 0.6 is 0 Å². The molecule has 23 heavy (non-hydrogen) atoms. The summed E-state index contributed by atoms with van der Waals surface area (Å²) in [4.78, 5) is 26.8. The van der Waals surface area contributed by atoms with E-state index in [1.807, 2.05) is 4.90 Å². The predicted molar refractivity (Wildman–Crippen MR) is 84.1 cm³/mol. The average Bonchev–Trinajstić information content (AvgIpc) is 3.14. The van der Waals surface area contributed by atoms with Crippen molar-refractivity contribution >= 4 is 17.5 Å². The second-order valence-corrected chi connectivity index (χ2v) is 5.74. The number of hydrogen-bond acceptors (Lipinski definition) is 4. The van der Waals surface area contributed by atoms with Crippen LogP contribution in [-0.4, -0.2) is 49.4 Å². The highest BCUT2D eigenvalue weighted by Crippen LogP contribution is 2.20. The van der Waals surface area contributed by atoms with E-state index in [1.165, 1.54) is 17.1 Å². The van der Waals surface area contributed by atoms with Crippen LogP contribution in [0.2, 0.25) is 0 Å². The maximum absolute atomic E-state index is 12.7. The van der Waals surface area contributed by atoms with Crippen molar-refractivity contribution in [1.82, 2.24) is 24.5 Å². The molecule has 1 aliphatic rings. The van der Waals surface area contributed by atoms with Crippen molar-refractivity contribution < 1.29 is 9.59 Å². The number of piperidine rings is 1. The highest BCUT2D eigenvalue weighted by Gasteiger charge is 2.25. The number of rotatable bonds is 3. The van der Waals surface area contributed by atoms with Gasteiger partial charge in [0.15, 0.2) is 0 Å². The Morgan fingerprint density at radius 2 is 1.83 bits per heavy atom. The maximum atomic E-state index is 12.7. The van der Waals surface area contributed by atoms with Crippen molar-refractivity contribution in [1.29, 1.82) is 0 Å². The van der Waals surface area contributed by atoms with Gasteiger partial charge in [0.2, 0.25) is 0 Å². The zero-order chi connectivity index (χ0) is 16.4. The SMILES string of the molecule is Cn1cc(C(=O)Nc2cnn(C)c2C(=O)N2CCCCC2)cn1. The number of nitrogens with zero attached hydrogens (tertiary/aromatic N) is 5. The quantitative estimate of drug-likeness (QED) is 0.916. The molecular formula is C15H20N6O2. The summed E-state index contributed by atoms with van der Waals surface area (Å²) in [6, 6.07) is 0. The predicted octanol–water partition coefficient (Wildman–Crippen LogP) is 1.03. The molecular weight excluding hydrogens is 296 g/mol. The van der Waals surface area contributed by atoms with Gasteiger partial charge in [0.05, 0.1) is 23.6 Å². The minimum absolute atomic E-state index is 0.0915. The van der Waals surface area contributed by atoms with E-state index >= 15 is 0 Å². The molecule has 2 amide bonds. The zero-order valence-electron chi connectivity index (χ0n) is 13.3. The molecule has 2 aromatic heterocycles. The number of nitrogens with one attached hydrogen (secondary N) is 1. The molecule has 0 bridgehead atoms. The van der Waals surface area contributed by atoms with E-state index in [4.69, 9.17) is 0 Å². The van der Waals surface area contributed by atoms with E-state index in [9.17, 15) is 9.59 Å². The third-order valence-electron chi connectivity index (χ3n) is 4.00. The van der Waals surface area contributed by atoms with Crippen molar-refractivity contribution in [2.75, 3.05) is 18.4 Å². The van der Waals surface area contributed by atoms with Gasteiger partial charge in [0.1, 0.15) is 5.69 Å². The summed E-state index contributed by atoms with van der Waals surface area (Å²) < 4.78 is 3.06. The molecule has 8 heteroatoms. The fourth-order valence-electron chi connectivity index (χ4n) is 2.76. The number of amides is 2. The fourth-order valence-corrected chi connectivity index (χ4v) is 2.76. The molecule has 0 spiro atoms. The van der Waals surface area contributed by atoms with E-state index in [0.717, 1.165) is 32.4 Å². The average molecular weight is 316 g/mol. The smallest absolute Gasteiger partial charge is 0.274 e. The van der Waals surface area contributed by atoms with Crippen LogP contribution in [-0.2, 0) is 14.1 Å². The van der Waals surface area contributed by atoms with Gasteiger partial charge in [-0.15, -0.1) is 0 Å². The summed E-state index contributed by atoms with van der Waals surface area (Å²) in [5.41, 5.74) is 1.27. The largest absolute Gasteiger partial charge is 0.337 e. The van der Waals surface area contributed by atoms with Crippen LogP contribution in [0.25, 0.3) is 0 Å². The Morgan fingerprint density at radius 1 is 1.09 bits per heavy atom. The van der Waals surface area contributed by atoms with Crippen LogP contribution in [0.15, 0.2) is 18.6 Å². The van der Waals surface area contributed by atoms with Gasteiger partial charge in [-0.05, 0) is 19.3 Å². The number of anilines is 1. The lowest BCUT2D eigenvalue weighted by Crippen LogP contribution is -2.37. The van der Waals surface area contributed by atoms with E-state index in [-0.39, 0.29) is 11.8 Å². The van der Waals surface area contributed by atoms with Gasteiger partial charge >= 0.3 is 0 Å². The topological polar surface area (TPSA) is 85.0 Å². The molecule has 0 saturated carbocycles. The Balaban J connectivity index is 1.80. The minimum Gasteiger partial charge on any atom is -0.337 e. The van der Waals surface area contributed by atoms with Gasteiger partial charge in [0, 0.05) is 33.4 Å². The van der Waals surface area contributed by atoms with Crippen LogP contribution in [0.4, 0.5) is 5.69 Å². The third kappa shape index (κ3) is 3.10. The first-order chi connectivity index (χ1) is 11.1. The summed E-state index contributed by atoms with van der Waals surface area (Å²) in [5, 5.41) is 10.9. The van der Waals surface area contributed by atoms with Gasteiger partial charge in [-0.2, -0.15) is 10.2 Å². The van der Waals surface area contributed by atoms with Crippen LogP contribution in [0.1, 0.15) is 40.1 Å². The first-order valence-electron chi connectivity index (χ1n) is 7.67. The van der Waals surface area contributed by atoms with Crippen molar-refractivity contribution in [3.05, 3.63) is 29.8 Å². The van der Waals surface area contributed by atoms with E-state index in [0.29, 0.717) is 16.9 Å². The summed E-state index contributed by atoms with van der Waals surface area (Å²) in [6.45, 7) is 1.50. The number of carbonyl (C=O) groups excluding carboxylic acids is 2. The Morgan fingerprint density at radius 3 is 2.48 bits per heavy atom. The molecule has 0 unspecified atom stereocenters. The molecule has 122 valence electrons. The molecule has 8 nitrogen and oxygen atoms in total. The van der Waals surface area contributed by atoms with Gasteiger partial charge in [0.25, 0.3) is 11.8 Å². The maximum Gasteiger partial charge on any atom is 0.274 e. The van der Waals surface area contributed by atoms with Gasteiger partial charge in [-0.25, -0.2) is 0 Å². The highest BCUT2D eigenvalue weighted by atomic mass is 16.2. The third-order valence-corrected chi connectivity index (χ3v) is 4.00. The molecule has 2 aromatic rings. The summed E-state index contributed by atoms with van der Waals surface area (Å²) in [6.07, 6.45) is 7.79. The zero-order valence-corrected chi connectivity index (χ0v) is 13.3. The minimum atomic E-state index is -0.307. The lowest BCUT2D eigenvalue weighted by molar-refractivity contribution is 0.0714. The molecule has 0 aromatic carbocycles. The van der Waals surface area contributed by atoms with Crippen molar-refractivity contribution in [2.45, 2.75) is 19.3 Å². The molecule has 3 heterocycles. The molecule has 0 atom stereocenters. The molecule has 1 aliphatic heterocycles. The fraction of sp³-hybridized carbons (Fsp3) is 0.467. The molecule has 3 rings (SSSR count). The van der Waals surface area contributed by atoms with E-state index in [1.54, 1.807) is 25.0 Å². The van der Waals surface area contributed by atoms with Crippen molar-refractivity contribution in [2.24, 2.45) is 14.1 Å². The first kappa shape index (κ1) is 15.3. The molecule has 1 N–H and O–H groups in total. The number of aryl methyl sites for hydroxylation is 2. The number of carbonyl (C=O) groups is 2. The summed E-state index contributed by atoms with van der Waals surface area (Å²) >= 11 is 0. The summed E-state index contributed by atoms with van der Waals surface area (Å²) in [7, 11) is 3.45. The van der Waals surface area contributed by atoms with Crippen LogP contribution in [0.5, 0.6) is 0 Å². The van der Waals surface area contributed by atoms with Crippen LogP contribution in [0, 0.1) is 0 Å². The molecule has 1 saturated heterocycles. The van der Waals surface area contributed by atoms with Gasteiger partial charge < -0.3 is 10.2 Å². The molecule has 1 fully saturated rings. The Labute approximate surface area is 134 Å². The van der Waals surface area contributed by atoms with Gasteiger partial charge in [-0.1, -0.05) is 0 Å². The van der Waals surface area contributed by atoms with E-state index < -0.39 is 0 Å².